The van der Waals surface area contributed by atoms with E-state index in [1.807, 2.05) is 0 Å². The fourth-order valence-corrected chi connectivity index (χ4v) is 13.2. The Morgan fingerprint density at radius 2 is 1.33 bits per heavy atom. The van der Waals surface area contributed by atoms with Crippen LogP contribution in [0.1, 0.15) is 209 Å². The highest BCUT2D eigenvalue weighted by molar-refractivity contribution is 5.69. The Labute approximate surface area is 304 Å². The quantitative estimate of drug-likeness (QED) is 0.100. The standard InChI is InChI=1S/C46H80O3/c1-9-10-11-12-13-14-15-16-17-18-19-20-21-22-40(48)49-39-24-23-38-44(7)27-25-35-36-33-41(2,3)29-31-46(36,34-47)32-30-43(35,6)37(44)26-28-45(38,8)42(39,4)5/h25,36-39,47H,9-24,26-34H2,1-8H3. The van der Waals surface area contributed by atoms with Gasteiger partial charge < -0.3 is 9.84 Å². The van der Waals surface area contributed by atoms with Crippen LogP contribution in [0.4, 0.5) is 0 Å². The molecule has 0 aromatic heterocycles. The molecule has 0 bridgehead atoms. The molecule has 0 spiro atoms. The number of carbonyl (C=O) groups excluding carboxylic acids is 1. The molecule has 3 nitrogen and oxygen atoms in total. The summed E-state index contributed by atoms with van der Waals surface area (Å²) in [5.74, 6) is 1.93. The molecule has 0 aromatic rings. The third-order valence-corrected chi connectivity index (χ3v) is 16.9. The molecule has 0 heterocycles. The minimum atomic E-state index is -0.0353. The fourth-order valence-electron chi connectivity index (χ4n) is 13.2. The first-order valence-corrected chi connectivity index (χ1v) is 21.7. The van der Waals surface area contributed by atoms with Crippen molar-refractivity contribution >= 4 is 5.97 Å². The SMILES string of the molecule is CCCCCCCCCCCCCCCC(=O)OC1CCC2C3(C)CC=C4C5CC(C)(C)CCC5(CO)CCC4(C)C3CCC2(C)C1(C)C. The van der Waals surface area contributed by atoms with E-state index >= 15 is 0 Å². The van der Waals surface area contributed by atoms with Crippen molar-refractivity contribution in [1.82, 2.24) is 0 Å². The van der Waals surface area contributed by atoms with Gasteiger partial charge in [0.05, 0.1) is 0 Å². The molecule has 5 aliphatic rings. The molecule has 0 radical (unpaired) electrons. The van der Waals surface area contributed by atoms with Crippen LogP contribution < -0.4 is 0 Å². The van der Waals surface area contributed by atoms with Gasteiger partial charge in [-0.1, -0.05) is 144 Å². The number of unbranched alkanes of at least 4 members (excludes halogenated alkanes) is 12. The highest BCUT2D eigenvalue weighted by atomic mass is 16.5. The zero-order valence-electron chi connectivity index (χ0n) is 33.8. The Morgan fingerprint density at radius 3 is 1.94 bits per heavy atom. The minimum absolute atomic E-state index is 0.0259. The van der Waals surface area contributed by atoms with Crippen LogP contribution in [0.15, 0.2) is 11.6 Å². The molecule has 1 N–H and O–H groups in total. The van der Waals surface area contributed by atoms with E-state index in [-0.39, 0.29) is 39.1 Å². The van der Waals surface area contributed by atoms with Crippen molar-refractivity contribution in [2.75, 3.05) is 6.61 Å². The number of aliphatic hydroxyl groups is 1. The van der Waals surface area contributed by atoms with Crippen molar-refractivity contribution < 1.29 is 14.6 Å². The van der Waals surface area contributed by atoms with Crippen LogP contribution in [0, 0.1) is 50.2 Å². The lowest BCUT2D eigenvalue weighted by Gasteiger charge is -2.70. The van der Waals surface area contributed by atoms with Gasteiger partial charge >= 0.3 is 5.97 Å². The Balaban J connectivity index is 1.13. The molecule has 4 saturated carbocycles. The largest absolute Gasteiger partial charge is 0.462 e. The van der Waals surface area contributed by atoms with Crippen molar-refractivity contribution in [2.45, 2.75) is 216 Å². The highest BCUT2D eigenvalue weighted by Crippen LogP contribution is 2.75. The molecule has 0 amide bonds. The number of fused-ring (bicyclic) bond motifs is 7. The van der Waals surface area contributed by atoms with E-state index in [4.69, 9.17) is 4.74 Å². The van der Waals surface area contributed by atoms with Gasteiger partial charge in [0.15, 0.2) is 0 Å². The maximum atomic E-state index is 13.2. The van der Waals surface area contributed by atoms with E-state index in [9.17, 15) is 9.90 Å². The zero-order valence-corrected chi connectivity index (χ0v) is 33.8. The van der Waals surface area contributed by atoms with Gasteiger partial charge in [0.1, 0.15) is 6.10 Å². The van der Waals surface area contributed by atoms with Crippen LogP contribution in [-0.2, 0) is 9.53 Å². The summed E-state index contributed by atoms with van der Waals surface area (Å²) in [6.07, 6.45) is 32.6. The predicted molar refractivity (Wildman–Crippen MR) is 206 cm³/mol. The number of esters is 1. The van der Waals surface area contributed by atoms with Crippen LogP contribution in [0.25, 0.3) is 0 Å². The molecule has 5 rings (SSSR count). The zero-order chi connectivity index (χ0) is 35.6. The molecule has 0 saturated heterocycles. The number of carbonyl (C=O) groups is 1. The molecule has 5 aliphatic carbocycles. The van der Waals surface area contributed by atoms with E-state index in [1.165, 1.54) is 128 Å². The highest BCUT2D eigenvalue weighted by Gasteiger charge is 2.68. The molecular formula is C46H80O3. The summed E-state index contributed by atoms with van der Waals surface area (Å²) in [4.78, 5) is 13.2. The number of rotatable bonds is 16. The topological polar surface area (TPSA) is 46.5 Å². The Bertz CT molecular complexity index is 1140. The molecule has 282 valence electrons. The maximum absolute atomic E-state index is 13.2. The second-order valence-electron chi connectivity index (χ2n) is 20.6. The average molecular weight is 681 g/mol. The molecule has 8 unspecified atom stereocenters. The summed E-state index contributed by atoms with van der Waals surface area (Å²) in [7, 11) is 0. The second-order valence-corrected chi connectivity index (χ2v) is 20.6. The van der Waals surface area contributed by atoms with Gasteiger partial charge in [-0.15, -0.1) is 0 Å². The maximum Gasteiger partial charge on any atom is 0.306 e. The molecule has 0 aromatic carbocycles. The molecular weight excluding hydrogens is 601 g/mol. The van der Waals surface area contributed by atoms with Crippen LogP contribution in [0.2, 0.25) is 0 Å². The summed E-state index contributed by atoms with van der Waals surface area (Å²) < 4.78 is 6.43. The van der Waals surface area contributed by atoms with Crippen molar-refractivity contribution in [2.24, 2.45) is 50.2 Å². The van der Waals surface area contributed by atoms with Crippen molar-refractivity contribution in [3.63, 3.8) is 0 Å². The van der Waals surface area contributed by atoms with Crippen molar-refractivity contribution in [1.29, 1.82) is 0 Å². The van der Waals surface area contributed by atoms with Crippen LogP contribution >= 0.6 is 0 Å². The van der Waals surface area contributed by atoms with Gasteiger partial charge in [0.25, 0.3) is 0 Å². The van der Waals surface area contributed by atoms with Crippen LogP contribution in [0.3, 0.4) is 0 Å². The summed E-state index contributed by atoms with van der Waals surface area (Å²) in [5, 5.41) is 10.8. The average Bonchev–Trinajstić information content (AvgIpc) is 3.04. The molecule has 0 aliphatic heterocycles. The Hall–Kier alpha value is -0.830. The van der Waals surface area contributed by atoms with E-state index in [2.05, 4.69) is 61.5 Å². The Kier molecular flexibility index (Phi) is 12.6. The smallest absolute Gasteiger partial charge is 0.306 e. The first-order chi connectivity index (χ1) is 23.2. The van der Waals surface area contributed by atoms with Crippen molar-refractivity contribution in [3.05, 3.63) is 11.6 Å². The third-order valence-electron chi connectivity index (χ3n) is 16.9. The van der Waals surface area contributed by atoms with Gasteiger partial charge in [0.2, 0.25) is 0 Å². The molecule has 49 heavy (non-hydrogen) atoms. The Morgan fingerprint density at radius 1 is 0.735 bits per heavy atom. The summed E-state index contributed by atoms with van der Waals surface area (Å²) in [6, 6.07) is 0. The number of hydrogen-bond acceptors (Lipinski definition) is 3. The van der Waals surface area contributed by atoms with E-state index in [0.29, 0.717) is 36.2 Å². The van der Waals surface area contributed by atoms with Gasteiger partial charge in [-0.25, -0.2) is 0 Å². The molecule has 8 atom stereocenters. The third kappa shape index (κ3) is 7.65. The van der Waals surface area contributed by atoms with Crippen LogP contribution in [-0.4, -0.2) is 23.8 Å². The first kappa shape index (κ1) is 39.4. The lowest BCUT2D eigenvalue weighted by molar-refractivity contribution is -0.219. The lowest BCUT2D eigenvalue weighted by Crippen LogP contribution is -2.65. The van der Waals surface area contributed by atoms with Crippen LogP contribution in [0.5, 0.6) is 0 Å². The van der Waals surface area contributed by atoms with E-state index < -0.39 is 0 Å². The normalized spacial score (nSPS) is 39.2. The molecule has 4 fully saturated rings. The van der Waals surface area contributed by atoms with Gasteiger partial charge in [-0.3, -0.25) is 4.79 Å². The number of ether oxygens (including phenoxy) is 1. The molecule has 3 heteroatoms. The monoisotopic (exact) mass is 681 g/mol. The van der Waals surface area contributed by atoms with Gasteiger partial charge in [-0.2, -0.15) is 0 Å². The fraction of sp³-hybridized carbons (Fsp3) is 0.935. The number of allylic oxidation sites excluding steroid dienone is 2. The van der Waals surface area contributed by atoms with Gasteiger partial charge in [-0.05, 0) is 110 Å². The number of aliphatic hydroxyl groups excluding tert-OH is 1. The van der Waals surface area contributed by atoms with Gasteiger partial charge in [0, 0.05) is 23.9 Å². The van der Waals surface area contributed by atoms with E-state index in [0.717, 1.165) is 19.3 Å². The van der Waals surface area contributed by atoms with Crippen molar-refractivity contribution in [3.8, 4) is 0 Å². The first-order valence-electron chi connectivity index (χ1n) is 21.7. The summed E-state index contributed by atoms with van der Waals surface area (Å²) in [5.41, 5.74) is 2.85. The minimum Gasteiger partial charge on any atom is -0.462 e. The van der Waals surface area contributed by atoms with E-state index in [1.54, 1.807) is 5.57 Å². The predicted octanol–water partition coefficient (Wildman–Crippen LogP) is 13.2. The lowest BCUT2D eigenvalue weighted by atomic mass is 9.34. The summed E-state index contributed by atoms with van der Waals surface area (Å²) in [6.45, 7) is 20.3. The number of hydrogen-bond donors (Lipinski definition) is 1. The summed E-state index contributed by atoms with van der Waals surface area (Å²) >= 11 is 0. The second kappa shape index (κ2) is 15.6.